The highest BCUT2D eigenvalue weighted by Gasteiger charge is 2.48. The molecule has 0 heterocycles. The Hall–Kier alpha value is -2.29. The third kappa shape index (κ3) is 1.79. The molecule has 0 bridgehead atoms. The number of benzene rings is 1. The van der Waals surface area contributed by atoms with E-state index >= 15 is 0 Å². The Labute approximate surface area is 135 Å². The number of aryl methyl sites for hydroxylation is 2. The normalized spacial score (nSPS) is 21.9. The highest BCUT2D eigenvalue weighted by atomic mass is 16.2. The molecular formula is C20H18O3. The molecule has 0 atom stereocenters. The van der Waals surface area contributed by atoms with Crippen molar-refractivity contribution in [3.63, 3.8) is 0 Å². The first-order valence-electron chi connectivity index (χ1n) is 8.13. The fraction of sp³-hybridized carbons (Fsp3) is 0.350. The van der Waals surface area contributed by atoms with Crippen LogP contribution >= 0.6 is 0 Å². The number of Topliss-reactive ketones (excluding diaryl/α,β-unsaturated/α-hetero) is 2. The van der Waals surface area contributed by atoms with Crippen LogP contribution < -0.4 is 0 Å². The van der Waals surface area contributed by atoms with E-state index in [0.29, 0.717) is 16.7 Å². The Morgan fingerprint density at radius 3 is 2.04 bits per heavy atom. The molecule has 0 aliphatic heterocycles. The van der Waals surface area contributed by atoms with Crippen LogP contribution in [0, 0.1) is 19.3 Å². The van der Waals surface area contributed by atoms with E-state index in [-0.39, 0.29) is 22.9 Å². The number of rotatable bonds is 0. The lowest BCUT2D eigenvalue weighted by Gasteiger charge is -2.35. The number of allylic oxidation sites excluding steroid dienone is 4. The average molecular weight is 306 g/mol. The fourth-order valence-corrected chi connectivity index (χ4v) is 4.22. The maximum Gasteiger partial charge on any atom is 0.198 e. The van der Waals surface area contributed by atoms with Crippen LogP contribution in [-0.4, -0.2) is 17.3 Å². The molecule has 3 heteroatoms. The Morgan fingerprint density at radius 1 is 0.870 bits per heavy atom. The summed E-state index contributed by atoms with van der Waals surface area (Å²) in [4.78, 5) is 38.5. The molecule has 0 unspecified atom stereocenters. The third-order valence-corrected chi connectivity index (χ3v) is 5.62. The van der Waals surface area contributed by atoms with Crippen molar-refractivity contribution in [2.45, 2.75) is 39.5 Å². The van der Waals surface area contributed by atoms with Crippen molar-refractivity contribution in [1.29, 1.82) is 0 Å². The van der Waals surface area contributed by atoms with Gasteiger partial charge in [0, 0.05) is 22.1 Å². The number of carbonyl (C=O) groups is 3. The molecule has 1 spiro atoms. The zero-order valence-corrected chi connectivity index (χ0v) is 13.4. The van der Waals surface area contributed by atoms with Crippen molar-refractivity contribution in [3.05, 3.63) is 57.7 Å². The molecule has 1 fully saturated rings. The van der Waals surface area contributed by atoms with Crippen molar-refractivity contribution in [2.24, 2.45) is 5.41 Å². The molecule has 0 aromatic heterocycles. The molecule has 1 saturated carbocycles. The molecule has 0 amide bonds. The minimum absolute atomic E-state index is 0.121. The lowest BCUT2D eigenvalue weighted by molar-refractivity contribution is -0.111. The van der Waals surface area contributed by atoms with Crippen LogP contribution in [0.2, 0.25) is 0 Å². The standard InChI is InChI=1S/C20H18O3/c1-11-9-13-14(10-12(11)2)19(23)17-16(18(13)22)15(21)5-8-20(17)6-3-4-7-20/h5,8-10H,3-4,6-7H2,1-2H3. The second-order valence-corrected chi connectivity index (χ2v) is 6.95. The van der Waals surface area contributed by atoms with Gasteiger partial charge >= 0.3 is 0 Å². The van der Waals surface area contributed by atoms with E-state index in [9.17, 15) is 14.4 Å². The summed E-state index contributed by atoms with van der Waals surface area (Å²) < 4.78 is 0. The topological polar surface area (TPSA) is 51.2 Å². The van der Waals surface area contributed by atoms with Crippen LogP contribution in [0.4, 0.5) is 0 Å². The van der Waals surface area contributed by atoms with Crippen LogP contribution in [0.25, 0.3) is 0 Å². The molecule has 3 aliphatic rings. The highest BCUT2D eigenvalue weighted by Crippen LogP contribution is 2.51. The largest absolute Gasteiger partial charge is 0.289 e. The molecule has 4 rings (SSSR count). The maximum absolute atomic E-state index is 13.2. The van der Waals surface area contributed by atoms with E-state index in [0.717, 1.165) is 36.8 Å². The van der Waals surface area contributed by atoms with E-state index in [2.05, 4.69) is 0 Å². The SMILES string of the molecule is Cc1cc2c(cc1C)C(=O)C1=C(C(=O)C=CC13CCCC3)C2=O. The van der Waals surface area contributed by atoms with E-state index in [1.807, 2.05) is 19.9 Å². The summed E-state index contributed by atoms with van der Waals surface area (Å²) >= 11 is 0. The van der Waals surface area contributed by atoms with Gasteiger partial charge in [-0.15, -0.1) is 0 Å². The van der Waals surface area contributed by atoms with E-state index in [1.165, 1.54) is 6.08 Å². The molecule has 116 valence electrons. The molecule has 3 aliphatic carbocycles. The predicted molar refractivity (Wildman–Crippen MR) is 86.7 cm³/mol. The van der Waals surface area contributed by atoms with Crippen LogP contribution in [-0.2, 0) is 4.79 Å². The number of hydrogen-bond acceptors (Lipinski definition) is 3. The Balaban J connectivity index is 2.00. The van der Waals surface area contributed by atoms with Crippen LogP contribution in [0.3, 0.4) is 0 Å². The summed E-state index contributed by atoms with van der Waals surface area (Å²) in [5.74, 6) is -0.727. The summed E-state index contributed by atoms with van der Waals surface area (Å²) in [5.41, 5.74) is 2.97. The molecule has 1 aromatic rings. The van der Waals surface area contributed by atoms with Gasteiger partial charge in [0.1, 0.15) is 0 Å². The fourth-order valence-electron chi connectivity index (χ4n) is 4.22. The van der Waals surface area contributed by atoms with Gasteiger partial charge in [-0.2, -0.15) is 0 Å². The minimum Gasteiger partial charge on any atom is -0.289 e. The van der Waals surface area contributed by atoms with Gasteiger partial charge in [0.15, 0.2) is 17.3 Å². The van der Waals surface area contributed by atoms with Gasteiger partial charge in [0.2, 0.25) is 0 Å². The monoisotopic (exact) mass is 306 g/mol. The summed E-state index contributed by atoms with van der Waals surface area (Å²) in [6, 6.07) is 3.56. The first kappa shape index (κ1) is 14.3. The minimum atomic E-state index is -0.410. The summed E-state index contributed by atoms with van der Waals surface area (Å²) in [5, 5.41) is 0. The van der Waals surface area contributed by atoms with E-state index in [4.69, 9.17) is 0 Å². The lowest BCUT2D eigenvalue weighted by Crippen LogP contribution is -2.36. The molecule has 23 heavy (non-hydrogen) atoms. The Kier molecular flexibility index (Phi) is 2.87. The first-order valence-corrected chi connectivity index (χ1v) is 8.13. The quantitative estimate of drug-likeness (QED) is 0.687. The smallest absolute Gasteiger partial charge is 0.198 e. The van der Waals surface area contributed by atoms with Gasteiger partial charge in [0.25, 0.3) is 0 Å². The molecule has 0 saturated heterocycles. The molecular weight excluding hydrogens is 288 g/mol. The Bertz CT molecular complexity index is 846. The second-order valence-electron chi connectivity index (χ2n) is 6.95. The highest BCUT2D eigenvalue weighted by molar-refractivity contribution is 6.39. The molecule has 3 nitrogen and oxygen atoms in total. The van der Waals surface area contributed by atoms with Crippen LogP contribution in [0.15, 0.2) is 35.4 Å². The zero-order chi connectivity index (χ0) is 16.4. The van der Waals surface area contributed by atoms with Gasteiger partial charge in [-0.3, -0.25) is 14.4 Å². The van der Waals surface area contributed by atoms with Crippen molar-refractivity contribution in [3.8, 4) is 0 Å². The molecule has 1 aromatic carbocycles. The van der Waals surface area contributed by atoms with Gasteiger partial charge in [-0.25, -0.2) is 0 Å². The van der Waals surface area contributed by atoms with Gasteiger partial charge < -0.3 is 0 Å². The number of fused-ring (bicyclic) bond motifs is 2. The van der Waals surface area contributed by atoms with Gasteiger partial charge in [0.05, 0.1) is 5.57 Å². The van der Waals surface area contributed by atoms with Crippen LogP contribution in [0.1, 0.15) is 57.5 Å². The van der Waals surface area contributed by atoms with Crippen molar-refractivity contribution in [2.75, 3.05) is 0 Å². The van der Waals surface area contributed by atoms with Gasteiger partial charge in [-0.05, 0) is 56.0 Å². The summed E-state index contributed by atoms with van der Waals surface area (Å²) in [6.07, 6.45) is 7.11. The summed E-state index contributed by atoms with van der Waals surface area (Å²) in [6.45, 7) is 3.85. The average Bonchev–Trinajstić information content (AvgIpc) is 2.98. The Morgan fingerprint density at radius 2 is 1.43 bits per heavy atom. The summed E-state index contributed by atoms with van der Waals surface area (Å²) in [7, 11) is 0. The zero-order valence-electron chi connectivity index (χ0n) is 13.4. The van der Waals surface area contributed by atoms with Crippen molar-refractivity contribution in [1.82, 2.24) is 0 Å². The van der Waals surface area contributed by atoms with Crippen molar-refractivity contribution < 1.29 is 14.4 Å². The van der Waals surface area contributed by atoms with Crippen molar-refractivity contribution >= 4 is 17.3 Å². The van der Waals surface area contributed by atoms with Crippen LogP contribution in [0.5, 0.6) is 0 Å². The van der Waals surface area contributed by atoms with Gasteiger partial charge in [-0.1, -0.05) is 18.9 Å². The number of hydrogen-bond donors (Lipinski definition) is 0. The lowest BCUT2D eigenvalue weighted by atomic mass is 9.65. The molecule has 0 radical (unpaired) electrons. The predicted octanol–water partition coefficient (Wildman–Crippen LogP) is 3.68. The maximum atomic E-state index is 13.2. The number of ketones is 3. The third-order valence-electron chi connectivity index (χ3n) is 5.62. The van der Waals surface area contributed by atoms with E-state index < -0.39 is 5.41 Å². The second kappa shape index (κ2) is 4.60. The number of carbonyl (C=O) groups excluding carboxylic acids is 3. The van der Waals surface area contributed by atoms with E-state index in [1.54, 1.807) is 12.1 Å². The first-order chi connectivity index (χ1) is 10.9. The molecule has 0 N–H and O–H groups in total.